The quantitative estimate of drug-likeness (QED) is 0.264. The van der Waals surface area contributed by atoms with Crippen LogP contribution in [0.3, 0.4) is 0 Å². The van der Waals surface area contributed by atoms with Crippen LogP contribution in [0.15, 0.2) is 78.9 Å². The molecule has 2 aliphatic rings. The van der Waals surface area contributed by atoms with E-state index in [2.05, 4.69) is 12.1 Å². The van der Waals surface area contributed by atoms with E-state index in [1.807, 2.05) is 18.2 Å². The fourth-order valence-corrected chi connectivity index (χ4v) is 5.28. The van der Waals surface area contributed by atoms with Crippen molar-refractivity contribution < 1.29 is 28.7 Å². The molecule has 7 nitrogen and oxygen atoms in total. The van der Waals surface area contributed by atoms with E-state index in [0.29, 0.717) is 29.8 Å². The summed E-state index contributed by atoms with van der Waals surface area (Å²) in [5, 5.41) is 0. The highest BCUT2D eigenvalue weighted by atomic mass is 16.5. The molecule has 1 saturated carbocycles. The molecule has 1 aliphatic heterocycles. The van der Waals surface area contributed by atoms with E-state index in [-0.39, 0.29) is 40.9 Å². The molecule has 2 amide bonds. The van der Waals surface area contributed by atoms with Gasteiger partial charge < -0.3 is 9.47 Å². The Hall–Kier alpha value is -4.26. The van der Waals surface area contributed by atoms with Crippen molar-refractivity contribution in [3.63, 3.8) is 0 Å². The minimum Gasteiger partial charge on any atom is -0.497 e. The van der Waals surface area contributed by atoms with Crippen molar-refractivity contribution >= 4 is 29.3 Å². The third kappa shape index (κ3) is 4.89. The Morgan fingerprint density at radius 1 is 0.811 bits per heavy atom. The van der Waals surface area contributed by atoms with E-state index in [0.717, 1.165) is 6.42 Å². The molecular weight excluding hydrogens is 470 g/mol. The van der Waals surface area contributed by atoms with Crippen LogP contribution in [-0.4, -0.2) is 37.3 Å². The number of ether oxygens (including phenoxy) is 2. The first-order valence-corrected chi connectivity index (χ1v) is 12.3. The van der Waals surface area contributed by atoms with Crippen LogP contribution in [-0.2, 0) is 14.3 Å². The van der Waals surface area contributed by atoms with Crippen molar-refractivity contribution in [3.05, 3.63) is 95.6 Å². The molecule has 0 aromatic heterocycles. The van der Waals surface area contributed by atoms with Crippen molar-refractivity contribution in [1.82, 2.24) is 0 Å². The van der Waals surface area contributed by atoms with Gasteiger partial charge in [0.2, 0.25) is 11.8 Å². The van der Waals surface area contributed by atoms with E-state index < -0.39 is 12.6 Å². The second kappa shape index (κ2) is 10.4. The van der Waals surface area contributed by atoms with Crippen LogP contribution < -0.4 is 9.64 Å². The zero-order chi connectivity index (χ0) is 25.9. The van der Waals surface area contributed by atoms with E-state index in [4.69, 9.17) is 9.47 Å². The summed E-state index contributed by atoms with van der Waals surface area (Å²) in [6.07, 6.45) is 2.21. The minimum atomic E-state index is -0.660. The predicted octanol–water partition coefficient (Wildman–Crippen LogP) is 4.81. The summed E-state index contributed by atoms with van der Waals surface area (Å²) in [7, 11) is 1.54. The largest absolute Gasteiger partial charge is 0.497 e. The van der Waals surface area contributed by atoms with Crippen molar-refractivity contribution in [3.8, 4) is 5.75 Å². The first kappa shape index (κ1) is 24.4. The number of benzene rings is 3. The van der Waals surface area contributed by atoms with Crippen LogP contribution >= 0.6 is 0 Å². The van der Waals surface area contributed by atoms with E-state index >= 15 is 0 Å². The van der Waals surface area contributed by atoms with Gasteiger partial charge >= 0.3 is 5.97 Å². The van der Waals surface area contributed by atoms with Gasteiger partial charge in [0.25, 0.3) is 0 Å². The average molecular weight is 498 g/mol. The molecule has 0 bridgehead atoms. The maximum atomic E-state index is 13.3. The lowest BCUT2D eigenvalue weighted by Crippen LogP contribution is -2.30. The van der Waals surface area contributed by atoms with Gasteiger partial charge in [0.1, 0.15) is 5.75 Å². The first-order chi connectivity index (χ1) is 18.0. The van der Waals surface area contributed by atoms with Gasteiger partial charge in [-0.1, -0.05) is 30.3 Å². The number of anilines is 1. The van der Waals surface area contributed by atoms with Crippen LogP contribution in [0.4, 0.5) is 5.69 Å². The monoisotopic (exact) mass is 497 g/mol. The summed E-state index contributed by atoms with van der Waals surface area (Å²) in [5.41, 5.74) is 2.28. The second-order valence-electron chi connectivity index (χ2n) is 9.42. The summed E-state index contributed by atoms with van der Waals surface area (Å²) >= 11 is 0. The molecule has 7 heteroatoms. The fourth-order valence-electron chi connectivity index (χ4n) is 5.28. The molecule has 37 heavy (non-hydrogen) atoms. The van der Waals surface area contributed by atoms with Crippen molar-refractivity contribution in [2.24, 2.45) is 11.8 Å². The average Bonchev–Trinajstić information content (AvgIpc) is 3.21. The Labute approximate surface area is 215 Å². The summed E-state index contributed by atoms with van der Waals surface area (Å²) in [6, 6.07) is 22.8. The lowest BCUT2D eigenvalue weighted by molar-refractivity contribution is -0.122. The Bertz CT molecular complexity index is 1320. The summed E-state index contributed by atoms with van der Waals surface area (Å²) in [5.74, 6) is -1.11. The maximum Gasteiger partial charge on any atom is 0.338 e. The van der Waals surface area contributed by atoms with E-state index in [9.17, 15) is 19.2 Å². The van der Waals surface area contributed by atoms with Crippen LogP contribution in [0.1, 0.15) is 51.5 Å². The molecule has 1 aliphatic carbocycles. The molecule has 0 spiro atoms. The summed E-state index contributed by atoms with van der Waals surface area (Å²) < 4.78 is 10.2. The van der Waals surface area contributed by atoms with Crippen LogP contribution in [0.5, 0.6) is 5.75 Å². The van der Waals surface area contributed by atoms with Crippen LogP contribution in [0.2, 0.25) is 0 Å². The van der Waals surface area contributed by atoms with Crippen LogP contribution in [0, 0.1) is 11.8 Å². The summed E-state index contributed by atoms with van der Waals surface area (Å²) in [4.78, 5) is 52.4. The molecule has 5 rings (SSSR count). The predicted molar refractivity (Wildman–Crippen MR) is 137 cm³/mol. The molecule has 0 N–H and O–H groups in total. The van der Waals surface area contributed by atoms with E-state index in [1.165, 1.54) is 29.7 Å². The molecule has 3 aromatic carbocycles. The molecule has 1 heterocycles. The lowest BCUT2D eigenvalue weighted by atomic mass is 9.73. The Balaban J connectivity index is 1.22. The van der Waals surface area contributed by atoms with Gasteiger partial charge in [0.05, 0.1) is 30.2 Å². The SMILES string of the molecule is COc1ccc(C(=O)COC(=O)c2ccc(N3C(=O)[C@H]4CC[C@@H](c5ccccc5)C[C@@H]4C3=O)cc2)cc1. The number of rotatable bonds is 7. The normalized spacial score (nSPS) is 20.9. The van der Waals surface area contributed by atoms with E-state index in [1.54, 1.807) is 36.4 Å². The molecule has 1 saturated heterocycles. The number of esters is 1. The number of amides is 2. The summed E-state index contributed by atoms with van der Waals surface area (Å²) in [6.45, 7) is -0.401. The zero-order valence-electron chi connectivity index (χ0n) is 20.5. The highest BCUT2D eigenvalue weighted by Gasteiger charge is 2.50. The maximum absolute atomic E-state index is 13.3. The smallest absolute Gasteiger partial charge is 0.338 e. The van der Waals surface area contributed by atoms with Crippen molar-refractivity contribution in [1.29, 1.82) is 0 Å². The highest BCUT2D eigenvalue weighted by Crippen LogP contribution is 2.45. The molecule has 0 unspecified atom stereocenters. The third-order valence-corrected chi connectivity index (χ3v) is 7.30. The zero-order valence-corrected chi connectivity index (χ0v) is 20.5. The molecule has 188 valence electrons. The number of fused-ring (bicyclic) bond motifs is 1. The fraction of sp³-hybridized carbons (Fsp3) is 0.267. The molecular formula is C30H27NO6. The lowest BCUT2D eigenvalue weighted by Gasteiger charge is -2.28. The molecule has 3 aromatic rings. The van der Waals surface area contributed by atoms with Gasteiger partial charge in [-0.2, -0.15) is 0 Å². The molecule has 0 radical (unpaired) electrons. The van der Waals surface area contributed by atoms with Gasteiger partial charge in [0, 0.05) is 5.56 Å². The number of hydrogen-bond donors (Lipinski definition) is 0. The van der Waals surface area contributed by atoms with Gasteiger partial charge in [-0.15, -0.1) is 0 Å². The number of carbonyl (C=O) groups excluding carboxylic acids is 4. The number of methoxy groups -OCH3 is 1. The third-order valence-electron chi connectivity index (χ3n) is 7.30. The van der Waals surface area contributed by atoms with Gasteiger partial charge in [-0.05, 0) is 79.3 Å². The second-order valence-corrected chi connectivity index (χ2v) is 9.42. The van der Waals surface area contributed by atoms with Crippen molar-refractivity contribution in [2.75, 3.05) is 18.6 Å². The minimum absolute atomic E-state index is 0.179. The highest BCUT2D eigenvalue weighted by molar-refractivity contribution is 6.22. The standard InChI is InChI=1S/C30H27NO6/c1-36-24-14-9-20(10-15-24)27(32)18-37-30(35)21-7-12-23(13-8-21)31-28(33)25-16-11-22(17-26(25)29(31)34)19-5-3-2-4-6-19/h2-10,12-15,22,25-26H,11,16-18H2,1H3/t22-,25+,26+/m1/s1. The Morgan fingerprint density at radius 2 is 1.46 bits per heavy atom. The first-order valence-electron chi connectivity index (χ1n) is 12.3. The molecule has 3 atom stereocenters. The Kier molecular flexibility index (Phi) is 6.86. The molecule has 2 fully saturated rings. The van der Waals surface area contributed by atoms with Crippen molar-refractivity contribution in [2.45, 2.75) is 25.2 Å². The van der Waals surface area contributed by atoms with Gasteiger partial charge in [-0.25, -0.2) is 4.79 Å². The number of imide groups is 1. The number of Topliss-reactive ketones (excluding diaryl/α,β-unsaturated/α-hetero) is 1. The topological polar surface area (TPSA) is 90.0 Å². The number of hydrogen-bond acceptors (Lipinski definition) is 6. The van der Waals surface area contributed by atoms with Crippen LogP contribution in [0.25, 0.3) is 0 Å². The number of ketones is 1. The Morgan fingerprint density at radius 3 is 2.14 bits per heavy atom. The number of carbonyl (C=O) groups is 4. The van der Waals surface area contributed by atoms with Gasteiger partial charge in [0.15, 0.2) is 12.4 Å². The van der Waals surface area contributed by atoms with Gasteiger partial charge in [-0.3, -0.25) is 19.3 Å². The number of nitrogens with zero attached hydrogens (tertiary/aromatic N) is 1.